The van der Waals surface area contributed by atoms with Crippen molar-refractivity contribution in [2.45, 2.75) is 102 Å². The van der Waals surface area contributed by atoms with Gasteiger partial charge in [-0.15, -0.1) is 0 Å². The molecule has 61 heavy (non-hydrogen) atoms. The van der Waals surface area contributed by atoms with E-state index in [-0.39, 0.29) is 11.6 Å². The summed E-state index contributed by atoms with van der Waals surface area (Å²) in [5.41, 5.74) is 6.87. The number of fused-ring (bicyclic) bond motifs is 12. The Kier molecular flexibility index (Phi) is 7.74. The molecule has 5 aliphatic heterocycles. The second kappa shape index (κ2) is 13.3. The van der Waals surface area contributed by atoms with E-state index in [9.17, 15) is 0 Å². The zero-order valence-electron chi connectivity index (χ0n) is 34.8. The summed E-state index contributed by atoms with van der Waals surface area (Å²) in [5, 5.41) is 6.16. The Hall–Kier alpha value is -4.97. The number of hydrogen-bond donors (Lipinski definition) is 1. The zero-order valence-corrected chi connectivity index (χ0v) is 35.8. The molecule has 0 amide bonds. The summed E-state index contributed by atoms with van der Waals surface area (Å²) in [7, 11) is -4.02. The molecule has 15 rings (SSSR count). The van der Waals surface area contributed by atoms with E-state index >= 15 is 0 Å². The van der Waals surface area contributed by atoms with Crippen LogP contribution in [0.2, 0.25) is 0 Å². The highest BCUT2D eigenvalue weighted by molar-refractivity contribution is 6.68. The average Bonchev–Trinajstić information content (AvgIpc) is 4.00. The smallest absolute Gasteiger partial charge is 0.361 e. The first kappa shape index (κ1) is 35.6. The average molecular weight is 825 g/mol. The number of benzene rings is 2. The Morgan fingerprint density at radius 1 is 0.689 bits per heavy atom. The number of aromatic nitrogens is 1. The molecule has 308 valence electrons. The molecular weight excluding hydrogens is 773 g/mol. The number of nitrogens with zero attached hydrogens (tertiary/aromatic N) is 7. The first-order valence-corrected chi connectivity index (χ1v) is 25.1. The second-order valence-corrected chi connectivity index (χ2v) is 22.6. The van der Waals surface area contributed by atoms with E-state index in [2.05, 4.69) is 86.9 Å². The lowest BCUT2D eigenvalue weighted by Gasteiger charge is -2.57. The number of amidine groups is 5. The van der Waals surface area contributed by atoms with Crippen LogP contribution < -0.4 is 5.32 Å². The molecule has 7 aliphatic carbocycles. The largest absolute Gasteiger partial charge is 0.599 e. The third-order valence-corrected chi connectivity index (χ3v) is 19.2. The van der Waals surface area contributed by atoms with E-state index in [1.54, 1.807) is 0 Å². The van der Waals surface area contributed by atoms with Crippen LogP contribution in [0.25, 0.3) is 10.8 Å². The molecule has 2 atom stereocenters. The Morgan fingerprint density at radius 3 is 2.10 bits per heavy atom. The highest BCUT2D eigenvalue weighted by Crippen LogP contribution is 2.61. The van der Waals surface area contributed by atoms with Crippen molar-refractivity contribution >= 4 is 60.5 Å². The van der Waals surface area contributed by atoms with Gasteiger partial charge in [0.1, 0.15) is 29.5 Å². The molecule has 2 unspecified atom stereocenters. The molecule has 6 heterocycles. The van der Waals surface area contributed by atoms with Gasteiger partial charge in [0, 0.05) is 57.4 Å². The van der Waals surface area contributed by atoms with Crippen LogP contribution in [0.1, 0.15) is 114 Å². The van der Waals surface area contributed by atoms with Crippen LogP contribution in [-0.2, 0) is 8.85 Å². The minimum absolute atomic E-state index is 0.121. The van der Waals surface area contributed by atoms with Crippen molar-refractivity contribution in [3.05, 3.63) is 106 Å². The van der Waals surface area contributed by atoms with Crippen LogP contribution in [0, 0.1) is 29.1 Å². The molecule has 0 spiro atoms. The Balaban J connectivity index is 1.10. The molecule has 0 saturated heterocycles. The molecule has 2 aromatic carbocycles. The van der Waals surface area contributed by atoms with Gasteiger partial charge in [-0.3, -0.25) is 8.80 Å². The van der Waals surface area contributed by atoms with Gasteiger partial charge in [0.2, 0.25) is 0 Å². The lowest BCUT2D eigenvalue weighted by molar-refractivity contribution is -0.0854. The van der Waals surface area contributed by atoms with Crippen molar-refractivity contribution in [2.24, 2.45) is 54.0 Å². The maximum absolute atomic E-state index is 8.25. The fourth-order valence-corrected chi connectivity index (χ4v) is 17.4. The predicted octanol–water partition coefficient (Wildman–Crippen LogP) is 10.3. The van der Waals surface area contributed by atoms with E-state index in [0.717, 1.165) is 117 Å². The molecule has 12 aliphatic rings. The number of rotatable bonds is 6. The number of aliphatic imine (C=N–C) groups is 5. The third kappa shape index (κ3) is 5.29. The van der Waals surface area contributed by atoms with Gasteiger partial charge in [0.05, 0.1) is 0 Å². The second-order valence-electron chi connectivity index (χ2n) is 20.0. The monoisotopic (exact) mass is 824 g/mol. The Morgan fingerprint density at radius 2 is 1.34 bits per heavy atom. The summed E-state index contributed by atoms with van der Waals surface area (Å²) >= 11 is 0. The van der Waals surface area contributed by atoms with Crippen LogP contribution >= 0.6 is 0 Å². The highest BCUT2D eigenvalue weighted by Gasteiger charge is 2.63. The van der Waals surface area contributed by atoms with Gasteiger partial charge >= 0.3 is 8.88 Å². The molecule has 11 heteroatoms. The van der Waals surface area contributed by atoms with Gasteiger partial charge in [0.25, 0.3) is 0 Å². The van der Waals surface area contributed by atoms with E-state index in [1.165, 1.54) is 76.2 Å². The van der Waals surface area contributed by atoms with Crippen LogP contribution in [-0.4, -0.2) is 60.1 Å². The third-order valence-electron chi connectivity index (χ3n) is 16.1. The molecule has 10 nitrogen and oxygen atoms in total. The SMILES string of the molecule is C1=CC2=C(CC1)C1=N/C2=N\c2c3ccccc3c3n2[Si](OCC2CCCCC2)(OCC24CC5CC(CC(C5)C2)C4)N2/C(=N\C4=NC(=N\3)/C3=C4C=CCC3)c3ccccc3C2N1. The van der Waals surface area contributed by atoms with Gasteiger partial charge in [-0.25, -0.2) is 25.0 Å². The van der Waals surface area contributed by atoms with Crippen LogP contribution in [0.15, 0.2) is 120 Å². The van der Waals surface area contributed by atoms with E-state index in [0.29, 0.717) is 25.0 Å². The van der Waals surface area contributed by atoms with Crippen molar-refractivity contribution < 1.29 is 8.85 Å². The number of allylic oxidation sites excluding steroid dienone is 2. The topological polar surface area (TPSA) is 100 Å². The molecule has 10 bridgehead atoms. The maximum atomic E-state index is 8.25. The van der Waals surface area contributed by atoms with Gasteiger partial charge < -0.3 is 14.2 Å². The molecule has 5 fully saturated rings. The normalized spacial score (nSPS) is 35.1. The first-order valence-electron chi connectivity index (χ1n) is 23.4. The molecule has 3 aromatic rings. The van der Waals surface area contributed by atoms with E-state index in [1.807, 2.05) is 0 Å². The molecule has 5 saturated carbocycles. The highest BCUT2D eigenvalue weighted by atomic mass is 28.4. The predicted molar refractivity (Wildman–Crippen MR) is 243 cm³/mol. The maximum Gasteiger partial charge on any atom is 0.599 e. The van der Waals surface area contributed by atoms with Crippen molar-refractivity contribution in [1.29, 1.82) is 0 Å². The van der Waals surface area contributed by atoms with Crippen molar-refractivity contribution in [1.82, 2.24) is 14.1 Å². The van der Waals surface area contributed by atoms with Gasteiger partial charge in [0.15, 0.2) is 17.5 Å². The van der Waals surface area contributed by atoms with Crippen LogP contribution in [0.3, 0.4) is 0 Å². The summed E-state index contributed by atoms with van der Waals surface area (Å²) in [5.74, 6) is 8.36. The molecule has 0 radical (unpaired) electrons. The van der Waals surface area contributed by atoms with Crippen molar-refractivity contribution in [3.8, 4) is 0 Å². The minimum atomic E-state index is -4.02. The fourth-order valence-electron chi connectivity index (χ4n) is 13.8. The zero-order chi connectivity index (χ0) is 39.9. The van der Waals surface area contributed by atoms with Crippen LogP contribution in [0.5, 0.6) is 0 Å². The molecular formula is C50H52N8O2Si. The fraction of sp³-hybridized carbons (Fsp3) is 0.460. The Bertz CT molecular complexity index is 2700. The lowest BCUT2D eigenvalue weighted by Crippen LogP contribution is -2.68. The van der Waals surface area contributed by atoms with Crippen molar-refractivity contribution in [2.75, 3.05) is 13.2 Å². The van der Waals surface area contributed by atoms with Gasteiger partial charge in [-0.05, 0) is 106 Å². The molecule has 1 aromatic heterocycles. The quantitative estimate of drug-likeness (QED) is 0.250. The summed E-state index contributed by atoms with van der Waals surface area (Å²) < 4.78 is 21.2. The van der Waals surface area contributed by atoms with Crippen LogP contribution in [0.4, 0.5) is 11.6 Å². The summed E-state index contributed by atoms with van der Waals surface area (Å²) in [4.78, 5) is 28.0. The first-order chi connectivity index (χ1) is 30.1. The summed E-state index contributed by atoms with van der Waals surface area (Å²) in [6.07, 6.45) is 26.3. The summed E-state index contributed by atoms with van der Waals surface area (Å²) in [6, 6.07) is 17.5. The van der Waals surface area contributed by atoms with E-state index in [4.69, 9.17) is 33.8 Å². The van der Waals surface area contributed by atoms with Gasteiger partial charge in [-0.1, -0.05) is 92.1 Å². The number of nitrogens with one attached hydrogen (secondary N) is 1. The Labute approximate surface area is 358 Å². The standard InChI is InChI=1S/C50H52N8O2Si/c1-2-12-30(13-3-1)28-59-61(60-29-50-25-31-22-32(26-50)24-33(23-31)27-50)57-46-38-18-8-9-19-39(38)48(57)55-44-36-16-6-7-17-37(36)45(52-44)56-49-41-21-11-10-20-40(41)47(58(49)61)54-43-35-15-5-4-14-34(35)42(51-43)53-46/h4,7-11,14,17-21,30-33,47H,1-3,5-6,12-13,15-16,22-29H2,(H,51,53,54)/b55-44-,56-49-. The lowest BCUT2D eigenvalue weighted by atomic mass is 9.50. The number of hydrogen-bond acceptors (Lipinski definition) is 9. The van der Waals surface area contributed by atoms with Gasteiger partial charge in [-0.2, -0.15) is 0 Å². The van der Waals surface area contributed by atoms with E-state index < -0.39 is 8.88 Å². The molecule has 1 N–H and O–H groups in total. The van der Waals surface area contributed by atoms with Crippen molar-refractivity contribution in [3.63, 3.8) is 0 Å². The summed E-state index contributed by atoms with van der Waals surface area (Å²) in [6.45, 7) is 1.26. The minimum Gasteiger partial charge on any atom is -0.361 e.